The Morgan fingerprint density at radius 1 is 1.47 bits per heavy atom. The maximum absolute atomic E-state index is 6.06. The van der Waals surface area contributed by atoms with Crippen LogP contribution < -0.4 is 10.5 Å². The van der Waals surface area contributed by atoms with E-state index in [1.165, 1.54) is 5.57 Å². The topological polar surface area (TPSA) is 35.2 Å². The lowest BCUT2D eigenvalue weighted by molar-refractivity contribution is 0.414. The smallest absolute Gasteiger partial charge is 0.119 e. The molecule has 1 aromatic carbocycles. The number of methoxy groups -OCH3 is 1. The van der Waals surface area contributed by atoms with Crippen LogP contribution in [0.2, 0.25) is 0 Å². The van der Waals surface area contributed by atoms with Crippen molar-refractivity contribution in [3.05, 3.63) is 39.9 Å². The second-order valence-corrected chi connectivity index (χ2v) is 4.51. The molecule has 0 radical (unpaired) electrons. The lowest BCUT2D eigenvalue weighted by Gasteiger charge is -2.12. The monoisotopic (exact) mass is 269 g/mol. The summed E-state index contributed by atoms with van der Waals surface area (Å²) in [5, 5.41) is 0. The largest absolute Gasteiger partial charge is 0.497 e. The highest BCUT2D eigenvalue weighted by atomic mass is 79.9. The maximum atomic E-state index is 6.06. The van der Waals surface area contributed by atoms with E-state index in [4.69, 9.17) is 10.5 Å². The average Bonchev–Trinajstić information content (AvgIpc) is 2.17. The zero-order valence-electron chi connectivity index (χ0n) is 9.25. The Bertz CT molecular complexity index is 370. The van der Waals surface area contributed by atoms with E-state index in [9.17, 15) is 0 Å². The van der Waals surface area contributed by atoms with Crippen molar-refractivity contribution in [2.24, 2.45) is 5.73 Å². The first-order chi connectivity index (χ1) is 7.04. The Labute approximate surface area is 99.3 Å². The molecule has 0 heterocycles. The van der Waals surface area contributed by atoms with Crippen LogP contribution in [0.4, 0.5) is 0 Å². The predicted molar refractivity (Wildman–Crippen MR) is 67.1 cm³/mol. The van der Waals surface area contributed by atoms with Gasteiger partial charge in [-0.25, -0.2) is 0 Å². The molecule has 0 fully saturated rings. The van der Waals surface area contributed by atoms with Gasteiger partial charge in [-0.15, -0.1) is 0 Å². The van der Waals surface area contributed by atoms with Crippen LogP contribution >= 0.6 is 15.9 Å². The quantitative estimate of drug-likeness (QED) is 0.854. The fourth-order valence-electron chi connectivity index (χ4n) is 1.35. The zero-order chi connectivity index (χ0) is 11.4. The lowest BCUT2D eigenvalue weighted by atomic mass is 10.1. The van der Waals surface area contributed by atoms with E-state index in [-0.39, 0.29) is 6.04 Å². The van der Waals surface area contributed by atoms with E-state index in [1.807, 2.05) is 38.1 Å². The number of hydrogen-bond acceptors (Lipinski definition) is 2. The molecule has 82 valence electrons. The molecular weight excluding hydrogens is 254 g/mol. The van der Waals surface area contributed by atoms with Gasteiger partial charge < -0.3 is 10.5 Å². The van der Waals surface area contributed by atoms with Crippen LogP contribution in [0.1, 0.15) is 25.5 Å². The molecule has 0 aliphatic carbocycles. The lowest BCUT2D eigenvalue weighted by Crippen LogP contribution is -2.08. The molecule has 0 aliphatic heterocycles. The molecule has 2 nitrogen and oxygen atoms in total. The first kappa shape index (κ1) is 12.3. The molecule has 1 unspecified atom stereocenters. The van der Waals surface area contributed by atoms with E-state index in [0.29, 0.717) is 0 Å². The molecule has 0 bridgehead atoms. The normalized spacial score (nSPS) is 12.1. The molecule has 1 atom stereocenters. The summed E-state index contributed by atoms with van der Waals surface area (Å²) in [5.74, 6) is 0.825. The minimum absolute atomic E-state index is 0.0977. The number of nitrogens with two attached hydrogens (primary N) is 1. The van der Waals surface area contributed by atoms with E-state index in [0.717, 1.165) is 15.8 Å². The third-order valence-corrected chi connectivity index (χ3v) is 2.80. The van der Waals surface area contributed by atoms with Crippen molar-refractivity contribution < 1.29 is 4.74 Å². The van der Waals surface area contributed by atoms with Crippen LogP contribution in [-0.2, 0) is 0 Å². The van der Waals surface area contributed by atoms with Crippen molar-refractivity contribution in [1.82, 2.24) is 0 Å². The average molecular weight is 270 g/mol. The van der Waals surface area contributed by atoms with Crippen molar-refractivity contribution >= 4 is 15.9 Å². The Morgan fingerprint density at radius 2 is 2.13 bits per heavy atom. The molecule has 0 aliphatic rings. The summed E-state index contributed by atoms with van der Waals surface area (Å²) in [7, 11) is 1.65. The van der Waals surface area contributed by atoms with Gasteiger partial charge in [-0.2, -0.15) is 0 Å². The van der Waals surface area contributed by atoms with Gasteiger partial charge in [-0.1, -0.05) is 27.6 Å². The Balaban J connectivity index is 3.06. The van der Waals surface area contributed by atoms with Crippen LogP contribution in [0.25, 0.3) is 0 Å². The van der Waals surface area contributed by atoms with Gasteiger partial charge in [0.1, 0.15) is 5.75 Å². The van der Waals surface area contributed by atoms with Gasteiger partial charge in [0, 0.05) is 10.5 Å². The molecule has 1 rings (SSSR count). The summed E-state index contributed by atoms with van der Waals surface area (Å²) < 4.78 is 6.18. The first-order valence-corrected chi connectivity index (χ1v) is 5.58. The third kappa shape index (κ3) is 3.36. The molecule has 2 N–H and O–H groups in total. The summed E-state index contributed by atoms with van der Waals surface area (Å²) in [4.78, 5) is 0. The van der Waals surface area contributed by atoms with E-state index in [2.05, 4.69) is 15.9 Å². The number of halogens is 1. The van der Waals surface area contributed by atoms with Crippen LogP contribution in [0, 0.1) is 0 Å². The summed E-state index contributed by atoms with van der Waals surface area (Å²) in [6.45, 7) is 4.07. The number of hydrogen-bond donors (Lipinski definition) is 1. The second kappa shape index (κ2) is 5.33. The molecule has 0 aromatic heterocycles. The van der Waals surface area contributed by atoms with Gasteiger partial charge >= 0.3 is 0 Å². The highest BCUT2D eigenvalue weighted by Gasteiger charge is 2.08. The van der Waals surface area contributed by atoms with Crippen molar-refractivity contribution in [1.29, 1.82) is 0 Å². The molecule has 15 heavy (non-hydrogen) atoms. The molecule has 0 spiro atoms. The van der Waals surface area contributed by atoms with Gasteiger partial charge in [0.15, 0.2) is 0 Å². The number of benzene rings is 1. The van der Waals surface area contributed by atoms with Crippen molar-refractivity contribution in [2.45, 2.75) is 19.9 Å². The molecule has 0 saturated heterocycles. The van der Waals surface area contributed by atoms with Crippen LogP contribution in [-0.4, -0.2) is 7.11 Å². The molecule has 1 aromatic rings. The Morgan fingerprint density at radius 3 is 2.67 bits per heavy atom. The van der Waals surface area contributed by atoms with Gasteiger partial charge in [0.25, 0.3) is 0 Å². The van der Waals surface area contributed by atoms with Gasteiger partial charge in [-0.05, 0) is 37.6 Å². The van der Waals surface area contributed by atoms with Crippen molar-refractivity contribution in [3.63, 3.8) is 0 Å². The highest BCUT2D eigenvalue weighted by Crippen LogP contribution is 2.27. The van der Waals surface area contributed by atoms with Crippen LogP contribution in [0.3, 0.4) is 0 Å². The highest BCUT2D eigenvalue weighted by molar-refractivity contribution is 9.10. The fraction of sp³-hybridized carbons (Fsp3) is 0.333. The van der Waals surface area contributed by atoms with Crippen LogP contribution in [0.15, 0.2) is 34.3 Å². The second-order valence-electron chi connectivity index (χ2n) is 3.66. The molecule has 0 saturated carbocycles. The third-order valence-electron chi connectivity index (χ3n) is 2.08. The Hall–Kier alpha value is -0.800. The van der Waals surface area contributed by atoms with E-state index < -0.39 is 0 Å². The predicted octanol–water partition coefficient (Wildman–Crippen LogP) is 3.42. The van der Waals surface area contributed by atoms with E-state index >= 15 is 0 Å². The van der Waals surface area contributed by atoms with Gasteiger partial charge in [0.2, 0.25) is 0 Å². The fourth-order valence-corrected chi connectivity index (χ4v) is 1.86. The van der Waals surface area contributed by atoms with Crippen molar-refractivity contribution in [3.8, 4) is 5.75 Å². The summed E-state index contributed by atoms with van der Waals surface area (Å²) in [5.41, 5.74) is 8.30. The maximum Gasteiger partial charge on any atom is 0.119 e. The number of allylic oxidation sites excluding steroid dienone is 1. The number of rotatable bonds is 3. The minimum atomic E-state index is -0.0977. The Kier molecular flexibility index (Phi) is 4.36. The standard InChI is InChI=1S/C12H16BrNO/c1-8(2)6-12(14)10-7-9(15-3)4-5-11(10)13/h4-7,12H,14H2,1-3H3. The zero-order valence-corrected chi connectivity index (χ0v) is 10.8. The van der Waals surface area contributed by atoms with Gasteiger partial charge in [-0.3, -0.25) is 0 Å². The number of ether oxygens (including phenoxy) is 1. The minimum Gasteiger partial charge on any atom is -0.497 e. The molecule has 3 heteroatoms. The SMILES string of the molecule is COc1ccc(Br)c(C(N)C=C(C)C)c1. The van der Waals surface area contributed by atoms with Crippen molar-refractivity contribution in [2.75, 3.05) is 7.11 Å². The molecule has 0 amide bonds. The summed E-state index contributed by atoms with van der Waals surface area (Å²) in [6.07, 6.45) is 2.03. The molecular formula is C12H16BrNO. The summed E-state index contributed by atoms with van der Waals surface area (Å²) in [6, 6.07) is 5.71. The summed E-state index contributed by atoms with van der Waals surface area (Å²) >= 11 is 3.49. The van der Waals surface area contributed by atoms with Crippen LogP contribution in [0.5, 0.6) is 5.75 Å². The van der Waals surface area contributed by atoms with Gasteiger partial charge in [0.05, 0.1) is 7.11 Å². The first-order valence-electron chi connectivity index (χ1n) is 4.78. The van der Waals surface area contributed by atoms with E-state index in [1.54, 1.807) is 7.11 Å².